The Morgan fingerprint density at radius 3 is 2.46 bits per heavy atom. The lowest BCUT2D eigenvalue weighted by Crippen LogP contribution is -2.44. The highest BCUT2D eigenvalue weighted by atomic mass is 35.5. The Hall–Kier alpha value is -1.03. The third-order valence-electron chi connectivity index (χ3n) is 3.88. The number of halogens is 4. The van der Waals surface area contributed by atoms with Crippen LogP contribution in [0.3, 0.4) is 0 Å². The van der Waals surface area contributed by atoms with Gasteiger partial charge in [-0.25, -0.2) is 13.1 Å². The molecule has 0 heterocycles. The van der Waals surface area contributed by atoms with Crippen molar-refractivity contribution >= 4 is 22.4 Å². The molecule has 0 spiro atoms. The number of ether oxygens (including phenoxy) is 1. The molecule has 1 saturated carbocycles. The highest BCUT2D eigenvalue weighted by Crippen LogP contribution is 2.31. The molecule has 2 atom stereocenters. The van der Waals surface area contributed by atoms with Gasteiger partial charge < -0.3 is 10.5 Å². The van der Waals surface area contributed by atoms with Gasteiger partial charge in [-0.2, -0.15) is 0 Å². The largest absolute Gasteiger partial charge is 0.573 e. The van der Waals surface area contributed by atoms with Crippen molar-refractivity contribution in [1.82, 2.24) is 4.72 Å². The molecule has 24 heavy (non-hydrogen) atoms. The van der Waals surface area contributed by atoms with Gasteiger partial charge in [0.15, 0.2) is 0 Å². The van der Waals surface area contributed by atoms with Crippen LogP contribution in [0, 0.1) is 5.92 Å². The number of alkyl halides is 3. The first-order chi connectivity index (χ1) is 10.7. The Morgan fingerprint density at radius 2 is 1.83 bits per heavy atom. The summed E-state index contributed by atoms with van der Waals surface area (Å²) in [5.74, 6) is -0.762. The van der Waals surface area contributed by atoms with Crippen molar-refractivity contribution in [3.05, 3.63) is 24.3 Å². The van der Waals surface area contributed by atoms with Gasteiger partial charge in [-0.05, 0) is 37.4 Å². The van der Waals surface area contributed by atoms with Crippen LogP contribution in [0.1, 0.15) is 25.7 Å². The van der Waals surface area contributed by atoms with Crippen molar-refractivity contribution in [1.29, 1.82) is 0 Å². The van der Waals surface area contributed by atoms with E-state index in [1.165, 1.54) is 12.1 Å². The molecule has 1 aromatic rings. The Balaban J connectivity index is 0.00000288. The minimum Gasteiger partial charge on any atom is -0.404 e. The molecule has 1 aromatic carbocycles. The molecule has 0 amide bonds. The maximum atomic E-state index is 12.5. The van der Waals surface area contributed by atoms with Gasteiger partial charge in [0, 0.05) is 6.04 Å². The standard InChI is InChI=1S/C14H19F3N2O3S.ClH/c15-14(16,17)22-12-7-3-4-8-13(12)23(20,21)19-11-6-2-1-5-10(11)9-18;/h3-4,7-8,10-11,19H,1-2,5-6,9,18H2;1H. The molecule has 5 nitrogen and oxygen atoms in total. The van der Waals surface area contributed by atoms with E-state index in [0.29, 0.717) is 13.0 Å². The average molecular weight is 389 g/mol. The van der Waals surface area contributed by atoms with Gasteiger partial charge >= 0.3 is 6.36 Å². The van der Waals surface area contributed by atoms with Gasteiger partial charge in [0.1, 0.15) is 10.6 Å². The maximum absolute atomic E-state index is 12.5. The van der Waals surface area contributed by atoms with Gasteiger partial charge in [-0.1, -0.05) is 25.0 Å². The Kier molecular flexibility index (Phi) is 7.33. The predicted octanol–water partition coefficient (Wildman–Crippen LogP) is 2.80. The lowest BCUT2D eigenvalue weighted by atomic mass is 9.85. The number of nitrogens with one attached hydrogen (secondary N) is 1. The molecule has 0 saturated heterocycles. The zero-order chi connectivity index (χ0) is 17.1. The molecular formula is C14H20ClF3N2O3S. The number of hydrogen-bond acceptors (Lipinski definition) is 4. The Morgan fingerprint density at radius 1 is 1.21 bits per heavy atom. The van der Waals surface area contributed by atoms with E-state index in [2.05, 4.69) is 9.46 Å². The summed E-state index contributed by atoms with van der Waals surface area (Å²) in [6.45, 7) is 0.327. The molecule has 2 unspecified atom stereocenters. The minimum absolute atomic E-state index is 0. The zero-order valence-corrected chi connectivity index (χ0v) is 14.4. The quantitative estimate of drug-likeness (QED) is 0.812. The van der Waals surface area contributed by atoms with E-state index in [-0.39, 0.29) is 24.4 Å². The van der Waals surface area contributed by atoms with Crippen molar-refractivity contribution in [2.24, 2.45) is 11.7 Å². The molecule has 2 rings (SSSR count). The number of rotatable bonds is 5. The molecule has 10 heteroatoms. The van der Waals surface area contributed by atoms with Crippen LogP contribution in [-0.4, -0.2) is 27.4 Å². The summed E-state index contributed by atoms with van der Waals surface area (Å²) in [7, 11) is -4.14. The molecule has 1 aliphatic carbocycles. The van der Waals surface area contributed by atoms with E-state index in [1.807, 2.05) is 0 Å². The van der Waals surface area contributed by atoms with Crippen LogP contribution in [0.2, 0.25) is 0 Å². The smallest absolute Gasteiger partial charge is 0.404 e. The van der Waals surface area contributed by atoms with Gasteiger partial charge in [-0.15, -0.1) is 25.6 Å². The molecule has 0 bridgehead atoms. The first-order valence-corrected chi connectivity index (χ1v) is 8.78. The summed E-state index contributed by atoms with van der Waals surface area (Å²) in [6.07, 6.45) is -1.73. The fraction of sp³-hybridized carbons (Fsp3) is 0.571. The fourth-order valence-electron chi connectivity index (χ4n) is 2.79. The molecule has 3 N–H and O–H groups in total. The number of sulfonamides is 1. The van der Waals surface area contributed by atoms with Crippen LogP contribution in [-0.2, 0) is 10.0 Å². The maximum Gasteiger partial charge on any atom is 0.573 e. The Labute approximate surface area is 145 Å². The van der Waals surface area contributed by atoms with Crippen LogP contribution in [0.4, 0.5) is 13.2 Å². The third kappa shape index (κ3) is 5.51. The molecule has 138 valence electrons. The molecule has 0 radical (unpaired) electrons. The second-order valence-corrected chi connectivity index (χ2v) is 7.18. The first kappa shape index (κ1) is 21.0. The normalized spacial score (nSPS) is 21.8. The van der Waals surface area contributed by atoms with Gasteiger partial charge in [-0.3, -0.25) is 0 Å². The zero-order valence-electron chi connectivity index (χ0n) is 12.8. The second-order valence-electron chi connectivity index (χ2n) is 5.50. The second kappa shape index (κ2) is 8.37. The van der Waals surface area contributed by atoms with E-state index in [0.717, 1.165) is 31.4 Å². The van der Waals surface area contributed by atoms with Gasteiger partial charge in [0.25, 0.3) is 0 Å². The van der Waals surface area contributed by atoms with Crippen LogP contribution in [0.15, 0.2) is 29.2 Å². The van der Waals surface area contributed by atoms with E-state index < -0.39 is 27.0 Å². The molecular weight excluding hydrogens is 369 g/mol. The van der Waals surface area contributed by atoms with E-state index in [1.54, 1.807) is 0 Å². The van der Waals surface area contributed by atoms with Crippen molar-refractivity contribution in [2.45, 2.75) is 43.0 Å². The molecule has 1 fully saturated rings. The van der Waals surface area contributed by atoms with Gasteiger partial charge in [0.05, 0.1) is 0 Å². The highest BCUT2D eigenvalue weighted by Gasteiger charge is 2.35. The van der Waals surface area contributed by atoms with E-state index >= 15 is 0 Å². The first-order valence-electron chi connectivity index (χ1n) is 7.30. The summed E-state index contributed by atoms with van der Waals surface area (Å²) in [4.78, 5) is -0.529. The Bertz CT molecular complexity index is 640. The molecule has 0 aromatic heterocycles. The summed E-state index contributed by atoms with van der Waals surface area (Å²) in [5.41, 5.74) is 5.66. The number of nitrogens with two attached hydrogens (primary N) is 1. The monoisotopic (exact) mass is 388 g/mol. The fourth-order valence-corrected chi connectivity index (χ4v) is 4.26. The summed E-state index contributed by atoms with van der Waals surface area (Å²) >= 11 is 0. The van der Waals surface area contributed by atoms with E-state index in [4.69, 9.17) is 5.73 Å². The molecule has 0 aliphatic heterocycles. The van der Waals surface area contributed by atoms with Gasteiger partial charge in [0.2, 0.25) is 10.0 Å². The molecule has 1 aliphatic rings. The lowest BCUT2D eigenvalue weighted by molar-refractivity contribution is -0.275. The predicted molar refractivity (Wildman–Crippen MR) is 85.5 cm³/mol. The number of para-hydroxylation sites is 1. The van der Waals surface area contributed by atoms with Crippen LogP contribution >= 0.6 is 12.4 Å². The summed E-state index contributed by atoms with van der Waals surface area (Å²) in [6, 6.07) is 4.31. The van der Waals surface area contributed by atoms with Crippen LogP contribution < -0.4 is 15.2 Å². The summed E-state index contributed by atoms with van der Waals surface area (Å²) < 4.78 is 68.5. The van der Waals surface area contributed by atoms with Crippen molar-refractivity contribution < 1.29 is 26.3 Å². The number of benzene rings is 1. The minimum atomic E-state index is -4.96. The van der Waals surface area contributed by atoms with Crippen molar-refractivity contribution in [3.63, 3.8) is 0 Å². The summed E-state index contributed by atoms with van der Waals surface area (Å²) in [5, 5.41) is 0. The van der Waals surface area contributed by atoms with Crippen LogP contribution in [0.25, 0.3) is 0 Å². The third-order valence-corrected chi connectivity index (χ3v) is 5.41. The van der Waals surface area contributed by atoms with Crippen molar-refractivity contribution in [2.75, 3.05) is 6.54 Å². The average Bonchev–Trinajstić information content (AvgIpc) is 2.46. The SMILES string of the molecule is Cl.NCC1CCCCC1NS(=O)(=O)c1ccccc1OC(F)(F)F. The van der Waals surface area contributed by atoms with Crippen molar-refractivity contribution in [3.8, 4) is 5.75 Å². The number of hydrogen-bond donors (Lipinski definition) is 2. The van der Waals surface area contributed by atoms with Crippen LogP contribution in [0.5, 0.6) is 5.75 Å². The highest BCUT2D eigenvalue weighted by molar-refractivity contribution is 7.89. The lowest BCUT2D eigenvalue weighted by Gasteiger charge is -2.31. The van der Waals surface area contributed by atoms with E-state index in [9.17, 15) is 21.6 Å². The topological polar surface area (TPSA) is 81.4 Å².